The first-order valence-corrected chi connectivity index (χ1v) is 5.70. The molecule has 1 aromatic carbocycles. The van der Waals surface area contributed by atoms with Crippen LogP contribution in [0.5, 0.6) is 0 Å². The third-order valence-corrected chi connectivity index (χ3v) is 2.93. The van der Waals surface area contributed by atoms with Crippen molar-refractivity contribution in [1.82, 2.24) is 14.5 Å². The van der Waals surface area contributed by atoms with Crippen LogP contribution < -0.4 is 5.69 Å². The van der Waals surface area contributed by atoms with Crippen LogP contribution in [0.25, 0.3) is 16.7 Å². The first-order chi connectivity index (χ1) is 9.48. The van der Waals surface area contributed by atoms with Gasteiger partial charge in [0.2, 0.25) is 0 Å². The first-order valence-electron chi connectivity index (χ1n) is 5.70. The summed E-state index contributed by atoms with van der Waals surface area (Å²) in [6, 6.07) is 6.86. The Morgan fingerprint density at radius 2 is 1.95 bits per heavy atom. The maximum atomic E-state index is 12.9. The van der Waals surface area contributed by atoms with Crippen molar-refractivity contribution < 1.29 is 13.2 Å². The van der Waals surface area contributed by atoms with Gasteiger partial charge in [0.25, 0.3) is 0 Å². The van der Waals surface area contributed by atoms with E-state index in [1.165, 1.54) is 24.5 Å². The Labute approximate surface area is 110 Å². The molecule has 2 heterocycles. The van der Waals surface area contributed by atoms with Crippen LogP contribution in [-0.2, 0) is 6.18 Å². The molecule has 0 fully saturated rings. The molecule has 20 heavy (non-hydrogen) atoms. The number of para-hydroxylation sites is 1. The normalized spacial score (nSPS) is 11.9. The van der Waals surface area contributed by atoms with Crippen molar-refractivity contribution in [1.29, 1.82) is 0 Å². The van der Waals surface area contributed by atoms with E-state index in [4.69, 9.17) is 0 Å². The minimum atomic E-state index is -4.52. The van der Waals surface area contributed by atoms with Crippen LogP contribution >= 0.6 is 0 Å². The number of pyridine rings is 1. The highest BCUT2D eigenvalue weighted by Gasteiger charge is 2.33. The van der Waals surface area contributed by atoms with Crippen molar-refractivity contribution in [3.05, 3.63) is 58.8 Å². The Kier molecular flexibility index (Phi) is 2.63. The average Bonchev–Trinajstić information content (AvgIpc) is 2.74. The summed E-state index contributed by atoms with van der Waals surface area (Å²) in [5.41, 5.74) is -1.16. The predicted molar refractivity (Wildman–Crippen MR) is 66.7 cm³/mol. The fourth-order valence-corrected chi connectivity index (χ4v) is 2.11. The van der Waals surface area contributed by atoms with E-state index in [1.807, 2.05) is 0 Å². The summed E-state index contributed by atoms with van der Waals surface area (Å²) in [5, 5.41) is 0. The zero-order chi connectivity index (χ0) is 14.3. The number of aromatic nitrogens is 3. The second-order valence-electron chi connectivity index (χ2n) is 4.17. The van der Waals surface area contributed by atoms with Crippen LogP contribution in [0.1, 0.15) is 5.56 Å². The van der Waals surface area contributed by atoms with E-state index in [9.17, 15) is 18.0 Å². The molecule has 7 heteroatoms. The van der Waals surface area contributed by atoms with E-state index in [-0.39, 0.29) is 11.0 Å². The van der Waals surface area contributed by atoms with Gasteiger partial charge >= 0.3 is 11.9 Å². The quantitative estimate of drug-likeness (QED) is 0.744. The van der Waals surface area contributed by atoms with Gasteiger partial charge in [-0.25, -0.2) is 4.79 Å². The Balaban J connectivity index is 2.37. The maximum absolute atomic E-state index is 12.9. The number of alkyl halides is 3. The van der Waals surface area contributed by atoms with E-state index in [0.717, 1.165) is 10.6 Å². The average molecular weight is 279 g/mol. The molecule has 0 aliphatic carbocycles. The minimum absolute atomic E-state index is 0.165. The lowest BCUT2D eigenvalue weighted by molar-refractivity contribution is -0.136. The fourth-order valence-electron chi connectivity index (χ4n) is 2.11. The van der Waals surface area contributed by atoms with E-state index < -0.39 is 17.4 Å². The Morgan fingerprint density at radius 3 is 2.60 bits per heavy atom. The monoisotopic (exact) mass is 279 g/mol. The zero-order valence-corrected chi connectivity index (χ0v) is 9.98. The molecule has 4 nitrogen and oxygen atoms in total. The molecule has 0 unspecified atom stereocenters. The SMILES string of the molecule is O=c1[nH]c2c(C(F)(F)F)cccc2n1-c1cccnc1. The first kappa shape index (κ1) is 12.5. The number of imidazole rings is 1. The van der Waals surface area contributed by atoms with Crippen LogP contribution in [0.4, 0.5) is 13.2 Å². The van der Waals surface area contributed by atoms with E-state index >= 15 is 0 Å². The summed E-state index contributed by atoms with van der Waals surface area (Å²) < 4.78 is 39.9. The molecule has 0 amide bonds. The zero-order valence-electron chi connectivity index (χ0n) is 9.98. The smallest absolute Gasteiger partial charge is 0.305 e. The number of hydrogen-bond acceptors (Lipinski definition) is 2. The van der Waals surface area contributed by atoms with Gasteiger partial charge in [-0.1, -0.05) is 6.07 Å². The van der Waals surface area contributed by atoms with Crippen molar-refractivity contribution >= 4 is 11.0 Å². The molecule has 0 spiro atoms. The highest BCUT2D eigenvalue weighted by molar-refractivity contribution is 5.81. The number of hydrogen-bond donors (Lipinski definition) is 1. The lowest BCUT2D eigenvalue weighted by atomic mass is 10.2. The molecular formula is C13H8F3N3O. The van der Waals surface area contributed by atoms with Crippen LogP contribution in [-0.4, -0.2) is 14.5 Å². The molecule has 3 aromatic rings. The fraction of sp³-hybridized carbons (Fsp3) is 0.0769. The lowest BCUT2D eigenvalue weighted by Crippen LogP contribution is -2.14. The molecule has 0 saturated heterocycles. The number of nitrogens with one attached hydrogen (secondary N) is 1. The molecule has 0 radical (unpaired) electrons. The summed E-state index contributed by atoms with van der Waals surface area (Å²) in [7, 11) is 0. The van der Waals surface area contributed by atoms with Crippen molar-refractivity contribution in [2.75, 3.05) is 0 Å². The molecule has 0 aliphatic heterocycles. The van der Waals surface area contributed by atoms with Gasteiger partial charge in [0.1, 0.15) is 0 Å². The van der Waals surface area contributed by atoms with Gasteiger partial charge in [-0.3, -0.25) is 9.55 Å². The number of aromatic amines is 1. The van der Waals surface area contributed by atoms with Gasteiger partial charge in [-0.2, -0.15) is 13.2 Å². The predicted octanol–water partition coefficient (Wildman–Crippen LogP) is 2.73. The highest BCUT2D eigenvalue weighted by Crippen LogP contribution is 2.33. The van der Waals surface area contributed by atoms with Gasteiger partial charge in [0.15, 0.2) is 0 Å². The third-order valence-electron chi connectivity index (χ3n) is 2.93. The number of halogens is 3. The van der Waals surface area contributed by atoms with E-state index in [0.29, 0.717) is 5.69 Å². The van der Waals surface area contributed by atoms with Crippen molar-refractivity contribution in [2.24, 2.45) is 0 Å². The standard InChI is InChI=1S/C13H8F3N3O/c14-13(15,16)9-4-1-5-10-11(9)18-12(20)19(10)8-3-2-6-17-7-8/h1-7H,(H,18,20). The molecule has 1 N–H and O–H groups in total. The third kappa shape index (κ3) is 1.87. The van der Waals surface area contributed by atoms with Crippen LogP contribution in [0.3, 0.4) is 0 Å². The Morgan fingerprint density at radius 1 is 1.15 bits per heavy atom. The van der Waals surface area contributed by atoms with Gasteiger partial charge in [0.05, 0.1) is 28.5 Å². The Hall–Kier alpha value is -2.57. The summed E-state index contributed by atoms with van der Waals surface area (Å²) >= 11 is 0. The molecule has 2 aromatic heterocycles. The van der Waals surface area contributed by atoms with Crippen molar-refractivity contribution in [3.63, 3.8) is 0 Å². The molecule has 0 saturated carbocycles. The lowest BCUT2D eigenvalue weighted by Gasteiger charge is -2.08. The summed E-state index contributed by atoms with van der Waals surface area (Å²) in [5.74, 6) is 0. The number of rotatable bonds is 1. The minimum Gasteiger partial charge on any atom is -0.305 e. The molecule has 3 rings (SSSR count). The number of H-pyrrole nitrogens is 1. The second kappa shape index (κ2) is 4.22. The van der Waals surface area contributed by atoms with Gasteiger partial charge in [0, 0.05) is 6.20 Å². The van der Waals surface area contributed by atoms with Crippen molar-refractivity contribution in [3.8, 4) is 5.69 Å². The summed E-state index contributed by atoms with van der Waals surface area (Å²) in [4.78, 5) is 18.1. The summed E-state index contributed by atoms with van der Waals surface area (Å²) in [6.45, 7) is 0. The second-order valence-corrected chi connectivity index (χ2v) is 4.17. The van der Waals surface area contributed by atoms with Crippen LogP contribution in [0.2, 0.25) is 0 Å². The van der Waals surface area contributed by atoms with E-state index in [1.54, 1.807) is 12.1 Å². The number of nitrogens with zero attached hydrogens (tertiary/aromatic N) is 2. The molecule has 0 aliphatic rings. The Bertz CT molecular complexity index is 818. The molecule has 0 atom stereocenters. The maximum Gasteiger partial charge on any atom is 0.418 e. The largest absolute Gasteiger partial charge is 0.418 e. The number of fused-ring (bicyclic) bond motifs is 1. The number of benzene rings is 1. The van der Waals surface area contributed by atoms with Gasteiger partial charge < -0.3 is 4.98 Å². The molecule has 0 bridgehead atoms. The van der Waals surface area contributed by atoms with E-state index in [2.05, 4.69) is 9.97 Å². The van der Waals surface area contributed by atoms with Crippen LogP contribution in [0, 0.1) is 0 Å². The topological polar surface area (TPSA) is 50.7 Å². The summed E-state index contributed by atoms with van der Waals surface area (Å²) in [6.07, 6.45) is -1.59. The van der Waals surface area contributed by atoms with Gasteiger partial charge in [-0.15, -0.1) is 0 Å². The van der Waals surface area contributed by atoms with Gasteiger partial charge in [-0.05, 0) is 24.3 Å². The van der Waals surface area contributed by atoms with Crippen LogP contribution in [0.15, 0.2) is 47.5 Å². The molecular weight excluding hydrogens is 271 g/mol. The molecule has 102 valence electrons. The van der Waals surface area contributed by atoms with Crippen molar-refractivity contribution in [2.45, 2.75) is 6.18 Å². The highest BCUT2D eigenvalue weighted by atomic mass is 19.4.